The quantitative estimate of drug-likeness (QED) is 0.815. The van der Waals surface area contributed by atoms with E-state index in [4.69, 9.17) is 4.74 Å². The lowest BCUT2D eigenvalue weighted by atomic mass is 10.0. The van der Waals surface area contributed by atoms with Crippen molar-refractivity contribution < 1.29 is 23.1 Å². The third kappa shape index (κ3) is 3.56. The van der Waals surface area contributed by atoms with Crippen LogP contribution >= 0.6 is 0 Å². The van der Waals surface area contributed by atoms with Gasteiger partial charge in [-0.2, -0.15) is 5.26 Å². The van der Waals surface area contributed by atoms with Crippen molar-refractivity contribution in [3.8, 4) is 17.2 Å². The number of ether oxygens (including phenoxy) is 1. The van der Waals surface area contributed by atoms with Gasteiger partial charge in [0.2, 0.25) is 5.91 Å². The van der Waals surface area contributed by atoms with Crippen LogP contribution in [0.15, 0.2) is 30.5 Å². The van der Waals surface area contributed by atoms with Crippen LogP contribution in [-0.2, 0) is 14.9 Å². The highest BCUT2D eigenvalue weighted by molar-refractivity contribution is 5.90. The molecule has 1 aliphatic heterocycles. The highest BCUT2D eigenvalue weighted by Gasteiger charge is 2.46. The molecular formula is C21H18F2N4O3. The zero-order valence-corrected chi connectivity index (χ0v) is 16.1. The lowest BCUT2D eigenvalue weighted by molar-refractivity contribution is -0.119. The van der Waals surface area contributed by atoms with Gasteiger partial charge in [-0.15, -0.1) is 0 Å². The van der Waals surface area contributed by atoms with Crippen molar-refractivity contribution in [3.63, 3.8) is 0 Å². The van der Waals surface area contributed by atoms with Crippen LogP contribution in [0.1, 0.15) is 25.5 Å². The first kappa shape index (κ1) is 19.8. The fourth-order valence-electron chi connectivity index (χ4n) is 3.46. The van der Waals surface area contributed by atoms with Crippen LogP contribution in [0.5, 0.6) is 0 Å². The van der Waals surface area contributed by atoms with Gasteiger partial charge in [-0.3, -0.25) is 14.7 Å². The molecular weight excluding hydrogens is 394 g/mol. The maximum Gasteiger partial charge on any atom is 0.414 e. The molecule has 9 heteroatoms. The molecule has 1 aliphatic carbocycles. The summed E-state index contributed by atoms with van der Waals surface area (Å²) in [7, 11) is 0. The van der Waals surface area contributed by atoms with Gasteiger partial charge in [0.15, 0.2) is 0 Å². The Balaban J connectivity index is 1.56. The van der Waals surface area contributed by atoms with Crippen molar-refractivity contribution in [2.24, 2.45) is 0 Å². The number of amides is 2. The minimum Gasteiger partial charge on any atom is -0.442 e. The number of anilines is 1. The van der Waals surface area contributed by atoms with Crippen molar-refractivity contribution in [1.29, 1.82) is 5.26 Å². The molecule has 1 N–H and O–H groups in total. The molecule has 2 aromatic rings. The molecule has 4 rings (SSSR count). The third-order valence-corrected chi connectivity index (χ3v) is 5.30. The number of cyclic esters (lactones) is 1. The minimum atomic E-state index is -0.848. The summed E-state index contributed by atoms with van der Waals surface area (Å²) >= 11 is 0. The number of carbonyl (C=O) groups is 2. The molecule has 1 unspecified atom stereocenters. The Morgan fingerprint density at radius 2 is 2.07 bits per heavy atom. The summed E-state index contributed by atoms with van der Waals surface area (Å²) in [5, 5.41) is 11.8. The lowest BCUT2D eigenvalue weighted by Gasteiger charge is -2.15. The number of nitriles is 1. The van der Waals surface area contributed by atoms with Gasteiger partial charge in [-0.25, -0.2) is 13.6 Å². The Kier molecular flexibility index (Phi) is 4.86. The fourth-order valence-corrected chi connectivity index (χ4v) is 3.46. The van der Waals surface area contributed by atoms with E-state index in [1.807, 2.05) is 0 Å². The molecule has 1 aromatic heterocycles. The summed E-state index contributed by atoms with van der Waals surface area (Å²) in [4.78, 5) is 28.4. The Morgan fingerprint density at radius 3 is 2.60 bits per heavy atom. The monoisotopic (exact) mass is 412 g/mol. The predicted octanol–water partition coefficient (Wildman–Crippen LogP) is 3.04. The first-order valence-corrected chi connectivity index (χ1v) is 9.43. The number of hydrogen-bond donors (Lipinski definition) is 1. The molecule has 30 heavy (non-hydrogen) atoms. The topological polar surface area (TPSA) is 95.3 Å². The minimum absolute atomic E-state index is 0.0232. The summed E-state index contributed by atoms with van der Waals surface area (Å²) in [6.07, 6.45) is 1.44. The number of carbonyl (C=O) groups excluding carboxylic acids is 2. The average molecular weight is 412 g/mol. The van der Waals surface area contributed by atoms with Crippen LogP contribution in [0.2, 0.25) is 0 Å². The molecule has 154 valence electrons. The summed E-state index contributed by atoms with van der Waals surface area (Å²) in [6, 6.07) is 7.50. The van der Waals surface area contributed by atoms with Crippen LogP contribution < -0.4 is 10.2 Å². The smallest absolute Gasteiger partial charge is 0.414 e. The molecule has 0 radical (unpaired) electrons. The van der Waals surface area contributed by atoms with Crippen molar-refractivity contribution in [2.75, 3.05) is 18.0 Å². The van der Waals surface area contributed by atoms with Gasteiger partial charge in [-0.1, -0.05) is 6.07 Å². The summed E-state index contributed by atoms with van der Waals surface area (Å²) < 4.78 is 34.7. The average Bonchev–Trinajstić information content (AvgIpc) is 3.42. The van der Waals surface area contributed by atoms with Crippen LogP contribution in [0.3, 0.4) is 0 Å². The lowest BCUT2D eigenvalue weighted by Crippen LogP contribution is -2.33. The van der Waals surface area contributed by atoms with Gasteiger partial charge in [0.1, 0.15) is 17.7 Å². The second kappa shape index (κ2) is 7.37. The largest absolute Gasteiger partial charge is 0.442 e. The number of benzene rings is 1. The number of pyridine rings is 1. The molecule has 1 atom stereocenters. The predicted molar refractivity (Wildman–Crippen MR) is 102 cm³/mol. The molecule has 2 aliphatic rings. The molecule has 1 saturated heterocycles. The Hall–Kier alpha value is -3.54. The number of aromatic nitrogens is 1. The molecule has 1 saturated carbocycles. The second-order valence-corrected chi connectivity index (χ2v) is 7.46. The summed E-state index contributed by atoms with van der Waals surface area (Å²) in [6.45, 7) is 1.51. The zero-order chi connectivity index (χ0) is 21.5. The van der Waals surface area contributed by atoms with Gasteiger partial charge in [0, 0.05) is 18.7 Å². The van der Waals surface area contributed by atoms with Crippen LogP contribution in [0, 0.1) is 23.0 Å². The molecule has 1 aromatic carbocycles. The highest BCUT2D eigenvalue weighted by Crippen LogP contribution is 2.46. The van der Waals surface area contributed by atoms with E-state index in [-0.39, 0.29) is 35.8 Å². The van der Waals surface area contributed by atoms with Crippen molar-refractivity contribution in [1.82, 2.24) is 10.3 Å². The summed E-state index contributed by atoms with van der Waals surface area (Å²) in [5.41, 5.74) is 0.0124. The van der Waals surface area contributed by atoms with Crippen LogP contribution in [0.25, 0.3) is 11.1 Å². The van der Waals surface area contributed by atoms with Gasteiger partial charge in [0.05, 0.1) is 41.5 Å². The summed E-state index contributed by atoms with van der Waals surface area (Å²) in [5.74, 6) is -1.97. The van der Waals surface area contributed by atoms with E-state index in [2.05, 4.69) is 16.4 Å². The second-order valence-electron chi connectivity index (χ2n) is 7.46. The van der Waals surface area contributed by atoms with E-state index in [1.165, 1.54) is 19.2 Å². The normalized spacial score (nSPS) is 19.2. The number of halogens is 2. The number of nitrogens with one attached hydrogen (secondary N) is 1. The van der Waals surface area contributed by atoms with Crippen LogP contribution in [0.4, 0.5) is 19.3 Å². The van der Waals surface area contributed by atoms with E-state index in [9.17, 15) is 23.6 Å². The van der Waals surface area contributed by atoms with E-state index < -0.39 is 29.2 Å². The van der Waals surface area contributed by atoms with Crippen LogP contribution in [-0.4, -0.2) is 36.2 Å². The molecule has 2 fully saturated rings. The van der Waals surface area contributed by atoms with E-state index >= 15 is 0 Å². The fraction of sp³-hybridized carbons (Fsp3) is 0.333. The number of hydrogen-bond acceptors (Lipinski definition) is 5. The van der Waals surface area contributed by atoms with Crippen molar-refractivity contribution in [2.45, 2.75) is 31.3 Å². The molecule has 2 amide bonds. The SMILES string of the molecule is CC(=O)NCC1CN(c2cc(F)c(-c3ccc(C4(C#N)CC4)nc3)c(F)c2)C(=O)O1. The Labute approximate surface area is 171 Å². The third-order valence-electron chi connectivity index (χ3n) is 5.30. The van der Waals surface area contributed by atoms with Gasteiger partial charge in [0.25, 0.3) is 0 Å². The van der Waals surface area contributed by atoms with Gasteiger partial charge < -0.3 is 10.1 Å². The maximum absolute atomic E-state index is 14.8. The van der Waals surface area contributed by atoms with Crippen molar-refractivity contribution >= 4 is 17.7 Å². The van der Waals surface area contributed by atoms with Crippen molar-refractivity contribution in [3.05, 3.63) is 47.8 Å². The Morgan fingerprint density at radius 1 is 1.37 bits per heavy atom. The molecule has 0 spiro atoms. The van der Waals surface area contributed by atoms with E-state index in [0.29, 0.717) is 5.69 Å². The Bertz CT molecular complexity index is 1040. The highest BCUT2D eigenvalue weighted by atomic mass is 19.1. The number of nitrogens with zero attached hydrogens (tertiary/aromatic N) is 3. The van der Waals surface area contributed by atoms with Gasteiger partial charge >= 0.3 is 6.09 Å². The maximum atomic E-state index is 14.8. The zero-order valence-electron chi connectivity index (χ0n) is 16.1. The molecule has 2 heterocycles. The molecule has 0 bridgehead atoms. The van der Waals surface area contributed by atoms with E-state index in [1.54, 1.807) is 6.07 Å². The molecule has 7 nitrogen and oxygen atoms in total. The van der Waals surface area contributed by atoms with E-state index in [0.717, 1.165) is 29.9 Å². The first-order valence-electron chi connectivity index (χ1n) is 9.43. The first-order chi connectivity index (χ1) is 14.3. The standard InChI is InChI=1S/C21H18F2N4O3/c1-12(28)25-9-15-10-27(20(29)30-15)14-6-16(22)19(17(23)7-14)13-2-3-18(26-8-13)21(11-24)4-5-21/h2-3,6-8,15H,4-5,9-10H2,1H3,(H,25,28). The van der Waals surface area contributed by atoms with Gasteiger partial charge in [-0.05, 0) is 31.0 Å². The number of rotatable bonds is 5.